The van der Waals surface area contributed by atoms with E-state index in [2.05, 4.69) is 22.6 Å². The third-order valence-corrected chi connectivity index (χ3v) is 4.40. The summed E-state index contributed by atoms with van der Waals surface area (Å²) in [4.78, 5) is 0. The summed E-state index contributed by atoms with van der Waals surface area (Å²) in [5.41, 5.74) is 0.975. The standard InChI is InChI=1S/C10H9IO2S/c1-13-7-3-2-4-8-9(7)6(5-12)10(11)14-8/h2-4,12H,5H2,1H3. The zero-order valence-corrected chi connectivity index (χ0v) is 10.6. The van der Waals surface area contributed by atoms with Crippen LogP contribution >= 0.6 is 33.9 Å². The average Bonchev–Trinajstić information content (AvgIpc) is 2.52. The normalized spacial score (nSPS) is 10.8. The number of methoxy groups -OCH3 is 1. The van der Waals surface area contributed by atoms with E-state index in [-0.39, 0.29) is 6.61 Å². The minimum Gasteiger partial charge on any atom is -0.496 e. The van der Waals surface area contributed by atoms with Crippen molar-refractivity contribution in [1.82, 2.24) is 0 Å². The van der Waals surface area contributed by atoms with Gasteiger partial charge >= 0.3 is 0 Å². The van der Waals surface area contributed by atoms with Crippen LogP contribution in [0.3, 0.4) is 0 Å². The Hall–Kier alpha value is -0.330. The van der Waals surface area contributed by atoms with Gasteiger partial charge in [-0.3, -0.25) is 0 Å². The monoisotopic (exact) mass is 320 g/mol. The minimum absolute atomic E-state index is 0.0681. The second-order valence-corrected chi connectivity index (χ2v) is 5.71. The number of rotatable bonds is 2. The van der Waals surface area contributed by atoms with Gasteiger partial charge in [-0.15, -0.1) is 11.3 Å². The Labute approximate surface area is 99.7 Å². The molecule has 1 aromatic heterocycles. The molecule has 2 aromatic rings. The quantitative estimate of drug-likeness (QED) is 0.862. The van der Waals surface area contributed by atoms with Gasteiger partial charge in [-0.1, -0.05) is 6.07 Å². The third kappa shape index (κ3) is 1.51. The molecule has 0 aliphatic heterocycles. The highest BCUT2D eigenvalue weighted by molar-refractivity contribution is 14.1. The first-order valence-corrected chi connectivity index (χ1v) is 6.02. The molecule has 14 heavy (non-hydrogen) atoms. The van der Waals surface area contributed by atoms with Crippen molar-refractivity contribution in [3.05, 3.63) is 26.6 Å². The molecule has 0 aliphatic rings. The number of aliphatic hydroxyl groups is 1. The Morgan fingerprint density at radius 2 is 2.29 bits per heavy atom. The highest BCUT2D eigenvalue weighted by Gasteiger charge is 2.12. The van der Waals surface area contributed by atoms with Crippen molar-refractivity contribution in [2.75, 3.05) is 7.11 Å². The largest absolute Gasteiger partial charge is 0.496 e. The first-order valence-electron chi connectivity index (χ1n) is 4.12. The fraction of sp³-hybridized carbons (Fsp3) is 0.200. The molecule has 2 rings (SSSR count). The Balaban J connectivity index is 2.82. The van der Waals surface area contributed by atoms with Crippen LogP contribution < -0.4 is 4.74 Å². The van der Waals surface area contributed by atoms with Crippen LogP contribution in [-0.4, -0.2) is 12.2 Å². The van der Waals surface area contributed by atoms with Gasteiger partial charge in [0.25, 0.3) is 0 Å². The topological polar surface area (TPSA) is 29.5 Å². The second-order valence-electron chi connectivity index (χ2n) is 2.85. The molecule has 0 spiro atoms. The molecule has 0 amide bonds. The van der Waals surface area contributed by atoms with Crippen molar-refractivity contribution in [2.45, 2.75) is 6.61 Å². The molecular formula is C10H9IO2S. The minimum atomic E-state index is 0.0681. The van der Waals surface area contributed by atoms with Crippen molar-refractivity contribution in [3.8, 4) is 5.75 Å². The molecule has 0 aliphatic carbocycles. The fourth-order valence-corrected chi connectivity index (χ4v) is 3.57. The van der Waals surface area contributed by atoms with E-state index in [1.807, 2.05) is 18.2 Å². The van der Waals surface area contributed by atoms with E-state index in [0.717, 1.165) is 24.3 Å². The molecule has 4 heteroatoms. The molecule has 0 fully saturated rings. The van der Waals surface area contributed by atoms with Crippen molar-refractivity contribution in [2.24, 2.45) is 0 Å². The van der Waals surface area contributed by atoms with E-state index in [1.165, 1.54) is 0 Å². The number of benzene rings is 1. The van der Waals surface area contributed by atoms with E-state index in [0.29, 0.717) is 0 Å². The number of aliphatic hydroxyl groups excluding tert-OH is 1. The highest BCUT2D eigenvalue weighted by Crippen LogP contribution is 2.37. The lowest BCUT2D eigenvalue weighted by atomic mass is 10.1. The number of hydrogen-bond donors (Lipinski definition) is 1. The summed E-state index contributed by atoms with van der Waals surface area (Å²) < 4.78 is 7.57. The zero-order chi connectivity index (χ0) is 10.1. The first-order chi connectivity index (χ1) is 6.77. The van der Waals surface area contributed by atoms with Gasteiger partial charge in [0.15, 0.2) is 0 Å². The molecule has 1 heterocycles. The summed E-state index contributed by atoms with van der Waals surface area (Å²) in [6, 6.07) is 5.93. The second kappa shape index (κ2) is 4.04. The van der Waals surface area contributed by atoms with Crippen molar-refractivity contribution < 1.29 is 9.84 Å². The molecule has 1 aromatic carbocycles. The third-order valence-electron chi connectivity index (χ3n) is 2.10. The maximum Gasteiger partial charge on any atom is 0.127 e. The first kappa shape index (κ1) is 10.2. The van der Waals surface area contributed by atoms with Gasteiger partial charge in [-0.25, -0.2) is 0 Å². The Morgan fingerprint density at radius 3 is 2.93 bits per heavy atom. The number of ether oxygens (including phenoxy) is 1. The van der Waals surface area contributed by atoms with Crippen LogP contribution in [0, 0.1) is 2.88 Å². The van der Waals surface area contributed by atoms with E-state index >= 15 is 0 Å². The summed E-state index contributed by atoms with van der Waals surface area (Å²) in [7, 11) is 1.65. The van der Waals surface area contributed by atoms with Gasteiger partial charge in [0, 0.05) is 15.6 Å². The number of hydrogen-bond acceptors (Lipinski definition) is 3. The van der Waals surface area contributed by atoms with Gasteiger partial charge in [-0.05, 0) is 34.7 Å². The molecular weight excluding hydrogens is 311 g/mol. The summed E-state index contributed by atoms with van der Waals surface area (Å²) >= 11 is 3.93. The molecule has 0 saturated heterocycles. The van der Waals surface area contributed by atoms with Crippen LogP contribution in [-0.2, 0) is 6.61 Å². The number of thiophene rings is 1. The number of halogens is 1. The van der Waals surface area contributed by atoms with Gasteiger partial charge in [-0.2, -0.15) is 0 Å². The zero-order valence-electron chi connectivity index (χ0n) is 7.58. The van der Waals surface area contributed by atoms with Gasteiger partial charge < -0.3 is 9.84 Å². The molecule has 0 radical (unpaired) electrons. The van der Waals surface area contributed by atoms with Gasteiger partial charge in [0.05, 0.1) is 16.6 Å². The van der Waals surface area contributed by atoms with Crippen LogP contribution in [0.15, 0.2) is 18.2 Å². The lowest BCUT2D eigenvalue weighted by molar-refractivity contribution is 0.282. The van der Waals surface area contributed by atoms with Crippen LogP contribution in [0.2, 0.25) is 0 Å². The maximum atomic E-state index is 9.27. The van der Waals surface area contributed by atoms with Crippen LogP contribution in [0.1, 0.15) is 5.56 Å². The Bertz CT molecular complexity index is 464. The number of fused-ring (bicyclic) bond motifs is 1. The molecule has 0 saturated carbocycles. The smallest absolute Gasteiger partial charge is 0.127 e. The SMILES string of the molecule is COc1cccc2sc(I)c(CO)c12. The summed E-state index contributed by atoms with van der Waals surface area (Å²) in [5, 5.41) is 10.3. The summed E-state index contributed by atoms with van der Waals surface area (Å²) in [5.74, 6) is 0.839. The van der Waals surface area contributed by atoms with Crippen LogP contribution in [0.25, 0.3) is 10.1 Å². The maximum absolute atomic E-state index is 9.27. The predicted octanol–water partition coefficient (Wildman–Crippen LogP) is 3.01. The average molecular weight is 320 g/mol. The highest BCUT2D eigenvalue weighted by atomic mass is 127. The predicted molar refractivity (Wildman–Crippen MR) is 67.0 cm³/mol. The van der Waals surface area contributed by atoms with Crippen LogP contribution in [0.5, 0.6) is 5.75 Å². The lowest BCUT2D eigenvalue weighted by Gasteiger charge is -2.02. The molecule has 0 bridgehead atoms. The Kier molecular flexibility index (Phi) is 2.94. The van der Waals surface area contributed by atoms with Gasteiger partial charge in [0.2, 0.25) is 0 Å². The van der Waals surface area contributed by atoms with E-state index in [9.17, 15) is 5.11 Å². The fourth-order valence-electron chi connectivity index (χ4n) is 1.46. The van der Waals surface area contributed by atoms with E-state index < -0.39 is 0 Å². The molecule has 2 nitrogen and oxygen atoms in total. The van der Waals surface area contributed by atoms with Crippen molar-refractivity contribution >= 4 is 44.0 Å². The van der Waals surface area contributed by atoms with E-state index in [1.54, 1.807) is 18.4 Å². The van der Waals surface area contributed by atoms with Crippen LogP contribution in [0.4, 0.5) is 0 Å². The van der Waals surface area contributed by atoms with E-state index in [4.69, 9.17) is 4.74 Å². The summed E-state index contributed by atoms with van der Waals surface area (Å²) in [6.07, 6.45) is 0. The molecule has 1 N–H and O–H groups in total. The molecule has 74 valence electrons. The molecule has 0 atom stereocenters. The molecule has 0 unspecified atom stereocenters. The van der Waals surface area contributed by atoms with Crippen molar-refractivity contribution in [3.63, 3.8) is 0 Å². The van der Waals surface area contributed by atoms with Gasteiger partial charge in [0.1, 0.15) is 5.75 Å². The van der Waals surface area contributed by atoms with Crippen molar-refractivity contribution in [1.29, 1.82) is 0 Å². The summed E-state index contributed by atoms with van der Waals surface area (Å²) in [6.45, 7) is 0.0681. The lowest BCUT2D eigenvalue weighted by Crippen LogP contribution is -1.87. The Morgan fingerprint density at radius 1 is 1.50 bits per heavy atom.